The number of ether oxygens (including phenoxy) is 1. The number of aliphatic imine (C=N–C) groups is 1. The minimum Gasteiger partial charge on any atom is -0.497 e. The molecule has 31 heavy (non-hydrogen) atoms. The summed E-state index contributed by atoms with van der Waals surface area (Å²) >= 11 is 0. The predicted molar refractivity (Wildman–Crippen MR) is 111 cm³/mol. The van der Waals surface area contributed by atoms with Crippen molar-refractivity contribution in [1.29, 1.82) is 0 Å². The summed E-state index contributed by atoms with van der Waals surface area (Å²) in [6.07, 6.45) is -2.85. The van der Waals surface area contributed by atoms with Crippen LogP contribution < -0.4 is 15.4 Å². The Morgan fingerprint density at radius 2 is 1.84 bits per heavy atom. The molecule has 0 saturated heterocycles. The van der Waals surface area contributed by atoms with E-state index in [1.807, 2.05) is 6.07 Å². The normalized spacial score (nSPS) is 11.7. The van der Waals surface area contributed by atoms with Crippen LogP contribution in [0.3, 0.4) is 0 Å². The topological polar surface area (TPSA) is 75.6 Å². The molecule has 160 valence electrons. The van der Waals surface area contributed by atoms with Crippen molar-refractivity contribution in [2.75, 3.05) is 12.4 Å². The van der Waals surface area contributed by atoms with E-state index in [-0.39, 0.29) is 18.1 Å². The Bertz CT molecular complexity index is 1050. The number of benzene rings is 2. The van der Waals surface area contributed by atoms with Gasteiger partial charge < -0.3 is 10.1 Å². The minimum absolute atomic E-state index is 0.0611. The number of anilines is 1. The molecule has 3 rings (SSSR count). The number of halogens is 3. The standard InChI is InChI=1S/C22H19F3N4O2/c1-31-19-7-4-6-17(13-19)28-21(27-14-18-5-2-3-12-26-18)29-20(30)15-8-10-16(11-9-15)22(23,24)25/h2-13H,14H2,1H3,(H2,27,28,29,30). The van der Waals surface area contributed by atoms with E-state index in [1.165, 1.54) is 7.11 Å². The van der Waals surface area contributed by atoms with Gasteiger partial charge in [-0.3, -0.25) is 15.1 Å². The maximum absolute atomic E-state index is 12.8. The molecule has 0 aliphatic carbocycles. The van der Waals surface area contributed by atoms with E-state index < -0.39 is 17.6 Å². The third-order valence-corrected chi connectivity index (χ3v) is 4.16. The zero-order chi connectivity index (χ0) is 22.3. The molecule has 0 aliphatic heterocycles. The van der Waals surface area contributed by atoms with Gasteiger partial charge in [0.05, 0.1) is 24.9 Å². The van der Waals surface area contributed by atoms with Gasteiger partial charge in [0.2, 0.25) is 5.96 Å². The molecule has 2 N–H and O–H groups in total. The monoisotopic (exact) mass is 428 g/mol. The highest BCUT2D eigenvalue weighted by atomic mass is 19.4. The van der Waals surface area contributed by atoms with Crippen molar-refractivity contribution in [2.24, 2.45) is 4.99 Å². The molecule has 0 spiro atoms. The Morgan fingerprint density at radius 3 is 2.48 bits per heavy atom. The molecule has 0 bridgehead atoms. The van der Waals surface area contributed by atoms with Crippen LogP contribution in [0.25, 0.3) is 0 Å². The van der Waals surface area contributed by atoms with E-state index in [2.05, 4.69) is 20.6 Å². The van der Waals surface area contributed by atoms with Gasteiger partial charge in [0.1, 0.15) is 5.75 Å². The number of carbonyl (C=O) groups excluding carboxylic acids is 1. The molecule has 1 aromatic heterocycles. The van der Waals surface area contributed by atoms with Gasteiger partial charge >= 0.3 is 6.18 Å². The summed E-state index contributed by atoms with van der Waals surface area (Å²) in [7, 11) is 1.53. The summed E-state index contributed by atoms with van der Waals surface area (Å²) in [5.41, 5.74) is 0.511. The van der Waals surface area contributed by atoms with Crippen LogP contribution in [0.5, 0.6) is 5.75 Å². The second-order valence-corrected chi connectivity index (χ2v) is 6.37. The first-order valence-corrected chi connectivity index (χ1v) is 9.19. The van der Waals surface area contributed by atoms with E-state index in [0.29, 0.717) is 17.1 Å². The van der Waals surface area contributed by atoms with E-state index in [1.54, 1.807) is 42.6 Å². The number of hydrogen-bond acceptors (Lipinski definition) is 4. The zero-order valence-electron chi connectivity index (χ0n) is 16.5. The first-order chi connectivity index (χ1) is 14.8. The maximum atomic E-state index is 12.8. The molecular weight excluding hydrogens is 409 g/mol. The molecule has 2 aromatic carbocycles. The van der Waals surface area contributed by atoms with Crippen molar-refractivity contribution in [1.82, 2.24) is 10.3 Å². The van der Waals surface area contributed by atoms with Gasteiger partial charge in [-0.05, 0) is 48.5 Å². The average molecular weight is 428 g/mol. The van der Waals surface area contributed by atoms with Gasteiger partial charge in [-0.15, -0.1) is 0 Å². The van der Waals surface area contributed by atoms with Gasteiger partial charge in [-0.25, -0.2) is 4.99 Å². The first-order valence-electron chi connectivity index (χ1n) is 9.19. The number of carbonyl (C=O) groups is 1. The molecule has 0 unspecified atom stereocenters. The second kappa shape index (κ2) is 9.75. The number of nitrogens with zero attached hydrogens (tertiary/aromatic N) is 2. The molecule has 6 nitrogen and oxygen atoms in total. The van der Waals surface area contributed by atoms with Crippen LogP contribution in [0.1, 0.15) is 21.6 Å². The van der Waals surface area contributed by atoms with Crippen molar-refractivity contribution < 1.29 is 22.7 Å². The highest BCUT2D eigenvalue weighted by molar-refractivity contribution is 6.10. The third kappa shape index (κ3) is 6.30. The lowest BCUT2D eigenvalue weighted by atomic mass is 10.1. The van der Waals surface area contributed by atoms with E-state index in [9.17, 15) is 18.0 Å². The molecular formula is C22H19F3N4O2. The second-order valence-electron chi connectivity index (χ2n) is 6.37. The summed E-state index contributed by atoms with van der Waals surface area (Å²) in [6.45, 7) is 0.181. The van der Waals surface area contributed by atoms with Crippen LogP contribution in [0, 0.1) is 0 Å². The zero-order valence-corrected chi connectivity index (χ0v) is 16.5. The highest BCUT2D eigenvalue weighted by Crippen LogP contribution is 2.29. The maximum Gasteiger partial charge on any atom is 0.416 e. The fourth-order valence-electron chi connectivity index (χ4n) is 2.59. The van der Waals surface area contributed by atoms with E-state index >= 15 is 0 Å². The summed E-state index contributed by atoms with van der Waals surface area (Å²) in [6, 6.07) is 16.3. The lowest BCUT2D eigenvalue weighted by Crippen LogP contribution is -2.36. The summed E-state index contributed by atoms with van der Waals surface area (Å²) in [4.78, 5) is 21.1. The number of rotatable bonds is 5. The van der Waals surface area contributed by atoms with E-state index in [0.717, 1.165) is 24.3 Å². The molecule has 3 aromatic rings. The van der Waals surface area contributed by atoms with Crippen LogP contribution in [0.15, 0.2) is 77.9 Å². The summed E-state index contributed by atoms with van der Waals surface area (Å²) in [5.74, 6) is 0.107. The van der Waals surface area contributed by atoms with Crippen LogP contribution in [0.4, 0.5) is 18.9 Å². The Morgan fingerprint density at radius 1 is 1.06 bits per heavy atom. The largest absolute Gasteiger partial charge is 0.497 e. The lowest BCUT2D eigenvalue weighted by molar-refractivity contribution is -0.137. The number of nitrogens with one attached hydrogen (secondary N) is 2. The Labute approximate surface area is 176 Å². The SMILES string of the molecule is COc1cccc(NC(=NCc2ccccn2)NC(=O)c2ccc(C(F)(F)F)cc2)c1. The van der Waals surface area contributed by atoms with Crippen molar-refractivity contribution in [3.8, 4) is 5.75 Å². The van der Waals surface area contributed by atoms with Gasteiger partial charge in [0.15, 0.2) is 0 Å². The first kappa shape index (κ1) is 21.8. The Balaban J connectivity index is 1.80. The number of amides is 1. The van der Waals surface area contributed by atoms with Crippen molar-refractivity contribution in [3.05, 3.63) is 89.7 Å². The Kier molecular flexibility index (Phi) is 6.86. The molecule has 0 aliphatic rings. The van der Waals surface area contributed by atoms with Crippen LogP contribution in [-0.4, -0.2) is 24.0 Å². The van der Waals surface area contributed by atoms with Gasteiger partial charge in [-0.1, -0.05) is 12.1 Å². The summed E-state index contributed by atoms with van der Waals surface area (Å²) < 4.78 is 43.4. The lowest BCUT2D eigenvalue weighted by Gasteiger charge is -2.13. The summed E-state index contributed by atoms with van der Waals surface area (Å²) in [5, 5.41) is 5.59. The predicted octanol–water partition coefficient (Wildman–Crippen LogP) is 4.51. The van der Waals surface area contributed by atoms with Crippen molar-refractivity contribution in [2.45, 2.75) is 12.7 Å². The number of pyridine rings is 1. The van der Waals surface area contributed by atoms with Gasteiger partial charge in [0, 0.05) is 23.5 Å². The molecule has 1 heterocycles. The number of methoxy groups -OCH3 is 1. The molecule has 0 saturated carbocycles. The van der Waals surface area contributed by atoms with Gasteiger partial charge in [0.25, 0.3) is 5.91 Å². The molecule has 9 heteroatoms. The van der Waals surface area contributed by atoms with Crippen molar-refractivity contribution >= 4 is 17.6 Å². The fourth-order valence-corrected chi connectivity index (χ4v) is 2.59. The molecule has 0 atom stereocenters. The number of guanidine groups is 1. The average Bonchev–Trinajstić information content (AvgIpc) is 2.78. The Hall–Kier alpha value is -3.88. The quantitative estimate of drug-likeness (QED) is 0.463. The number of alkyl halides is 3. The van der Waals surface area contributed by atoms with Crippen LogP contribution >= 0.6 is 0 Å². The minimum atomic E-state index is -4.47. The number of hydrogen-bond donors (Lipinski definition) is 2. The third-order valence-electron chi connectivity index (χ3n) is 4.16. The molecule has 0 fully saturated rings. The van der Waals surface area contributed by atoms with Crippen LogP contribution in [-0.2, 0) is 12.7 Å². The molecule has 1 amide bonds. The van der Waals surface area contributed by atoms with Crippen molar-refractivity contribution in [3.63, 3.8) is 0 Å². The smallest absolute Gasteiger partial charge is 0.416 e. The van der Waals surface area contributed by atoms with Crippen LogP contribution in [0.2, 0.25) is 0 Å². The fraction of sp³-hybridized carbons (Fsp3) is 0.136. The highest BCUT2D eigenvalue weighted by Gasteiger charge is 2.30. The number of aromatic nitrogens is 1. The van der Waals surface area contributed by atoms with Gasteiger partial charge in [-0.2, -0.15) is 13.2 Å². The van der Waals surface area contributed by atoms with E-state index in [4.69, 9.17) is 4.74 Å². The molecule has 0 radical (unpaired) electrons.